The molecule has 0 aliphatic heterocycles. The molecule has 0 atom stereocenters. The fourth-order valence-corrected chi connectivity index (χ4v) is 2.34. The SMILES string of the molecule is Cc1sc2nccc(O)c2c1Cl. The lowest BCUT2D eigenvalue weighted by Gasteiger charge is -1.92. The zero-order valence-corrected chi connectivity index (χ0v) is 7.91. The highest BCUT2D eigenvalue weighted by Gasteiger charge is 2.10. The number of aryl methyl sites for hydroxylation is 1. The van der Waals surface area contributed by atoms with E-state index in [4.69, 9.17) is 11.6 Å². The van der Waals surface area contributed by atoms with Crippen LogP contribution in [0.5, 0.6) is 5.75 Å². The summed E-state index contributed by atoms with van der Waals surface area (Å²) in [5.74, 6) is 0.203. The minimum absolute atomic E-state index is 0.203. The first-order chi connectivity index (χ1) is 5.70. The van der Waals surface area contributed by atoms with E-state index in [1.54, 1.807) is 12.3 Å². The molecule has 4 heteroatoms. The molecule has 12 heavy (non-hydrogen) atoms. The van der Waals surface area contributed by atoms with Gasteiger partial charge in [-0.3, -0.25) is 0 Å². The molecule has 0 unspecified atom stereocenters. The van der Waals surface area contributed by atoms with Crippen molar-refractivity contribution in [2.75, 3.05) is 0 Å². The number of rotatable bonds is 0. The molecule has 0 saturated heterocycles. The molecular formula is C8H6ClNOS. The average Bonchev–Trinajstić information content (AvgIpc) is 2.29. The highest BCUT2D eigenvalue weighted by atomic mass is 35.5. The molecule has 2 heterocycles. The smallest absolute Gasteiger partial charge is 0.128 e. The minimum Gasteiger partial charge on any atom is -0.507 e. The molecule has 0 spiro atoms. The lowest BCUT2D eigenvalue weighted by atomic mass is 10.3. The van der Waals surface area contributed by atoms with Crippen LogP contribution in [0, 0.1) is 6.92 Å². The maximum Gasteiger partial charge on any atom is 0.128 e. The quantitative estimate of drug-likeness (QED) is 0.708. The van der Waals surface area contributed by atoms with Gasteiger partial charge in [-0.15, -0.1) is 11.3 Å². The van der Waals surface area contributed by atoms with Crippen LogP contribution in [-0.2, 0) is 0 Å². The molecule has 62 valence electrons. The number of nitrogens with zero attached hydrogens (tertiary/aromatic N) is 1. The second kappa shape index (κ2) is 2.61. The van der Waals surface area contributed by atoms with Crippen LogP contribution in [0.1, 0.15) is 4.88 Å². The first-order valence-electron chi connectivity index (χ1n) is 3.42. The number of fused-ring (bicyclic) bond motifs is 1. The van der Waals surface area contributed by atoms with E-state index < -0.39 is 0 Å². The van der Waals surface area contributed by atoms with Gasteiger partial charge < -0.3 is 5.11 Å². The highest BCUT2D eigenvalue weighted by molar-refractivity contribution is 7.19. The normalized spacial score (nSPS) is 10.8. The van der Waals surface area contributed by atoms with Gasteiger partial charge in [0.15, 0.2) is 0 Å². The van der Waals surface area contributed by atoms with Gasteiger partial charge in [-0.05, 0) is 13.0 Å². The largest absolute Gasteiger partial charge is 0.507 e. The van der Waals surface area contributed by atoms with Crippen molar-refractivity contribution in [1.82, 2.24) is 4.98 Å². The van der Waals surface area contributed by atoms with E-state index in [2.05, 4.69) is 4.98 Å². The Balaban J connectivity index is 2.97. The summed E-state index contributed by atoms with van der Waals surface area (Å²) in [6, 6.07) is 1.54. The second-order valence-electron chi connectivity index (χ2n) is 2.48. The number of aromatic nitrogens is 1. The van der Waals surface area contributed by atoms with E-state index in [1.807, 2.05) is 6.92 Å². The van der Waals surface area contributed by atoms with Gasteiger partial charge in [-0.1, -0.05) is 11.6 Å². The molecule has 0 saturated carbocycles. The summed E-state index contributed by atoms with van der Waals surface area (Å²) in [6.45, 7) is 1.91. The number of pyridine rings is 1. The van der Waals surface area contributed by atoms with Crippen LogP contribution in [-0.4, -0.2) is 10.1 Å². The molecule has 0 radical (unpaired) electrons. The van der Waals surface area contributed by atoms with Gasteiger partial charge in [0.05, 0.1) is 10.4 Å². The van der Waals surface area contributed by atoms with E-state index in [0.717, 1.165) is 9.71 Å². The standard InChI is InChI=1S/C8H6ClNOS/c1-4-7(9)6-5(11)2-3-10-8(6)12-4/h2-3H,1H3,(H,10,11). The first-order valence-corrected chi connectivity index (χ1v) is 4.62. The summed E-state index contributed by atoms with van der Waals surface area (Å²) in [5.41, 5.74) is 0. The Morgan fingerprint density at radius 2 is 2.33 bits per heavy atom. The molecule has 2 nitrogen and oxygen atoms in total. The van der Waals surface area contributed by atoms with Crippen molar-refractivity contribution in [2.24, 2.45) is 0 Å². The third-order valence-corrected chi connectivity index (χ3v) is 3.27. The zero-order chi connectivity index (χ0) is 8.72. The Morgan fingerprint density at radius 3 is 3.00 bits per heavy atom. The number of aromatic hydroxyl groups is 1. The van der Waals surface area contributed by atoms with Crippen LogP contribution in [0.2, 0.25) is 5.02 Å². The van der Waals surface area contributed by atoms with Crippen LogP contribution in [0.3, 0.4) is 0 Å². The number of hydrogen-bond acceptors (Lipinski definition) is 3. The van der Waals surface area contributed by atoms with Crippen molar-refractivity contribution in [3.05, 3.63) is 22.2 Å². The lowest BCUT2D eigenvalue weighted by molar-refractivity contribution is 0.481. The Morgan fingerprint density at radius 1 is 1.58 bits per heavy atom. The molecule has 0 bridgehead atoms. The summed E-state index contributed by atoms with van der Waals surface area (Å²) >= 11 is 7.45. The van der Waals surface area contributed by atoms with Gasteiger partial charge in [0, 0.05) is 11.1 Å². The fourth-order valence-electron chi connectivity index (χ4n) is 1.08. The van der Waals surface area contributed by atoms with Gasteiger partial charge in [0.1, 0.15) is 10.6 Å². The Labute approximate surface area is 78.4 Å². The van der Waals surface area contributed by atoms with Gasteiger partial charge in [-0.25, -0.2) is 4.98 Å². The predicted molar refractivity (Wildman–Crippen MR) is 51.0 cm³/mol. The molecular weight excluding hydrogens is 194 g/mol. The molecule has 2 aromatic rings. The molecule has 2 rings (SSSR count). The van der Waals surface area contributed by atoms with E-state index >= 15 is 0 Å². The summed E-state index contributed by atoms with van der Waals surface area (Å²) < 4.78 is 0. The van der Waals surface area contributed by atoms with Gasteiger partial charge in [0.25, 0.3) is 0 Å². The van der Waals surface area contributed by atoms with Crippen molar-refractivity contribution < 1.29 is 5.11 Å². The average molecular weight is 200 g/mol. The van der Waals surface area contributed by atoms with Crippen molar-refractivity contribution in [3.63, 3.8) is 0 Å². The Kier molecular flexibility index (Phi) is 1.70. The summed E-state index contributed by atoms with van der Waals surface area (Å²) in [6.07, 6.45) is 1.57. The molecule has 1 N–H and O–H groups in total. The molecule has 0 aliphatic rings. The lowest BCUT2D eigenvalue weighted by Crippen LogP contribution is -1.71. The molecule has 0 fully saturated rings. The van der Waals surface area contributed by atoms with E-state index in [0.29, 0.717) is 10.4 Å². The van der Waals surface area contributed by atoms with Crippen molar-refractivity contribution in [3.8, 4) is 5.75 Å². The van der Waals surface area contributed by atoms with Gasteiger partial charge >= 0.3 is 0 Å². The first kappa shape index (κ1) is 7.83. The topological polar surface area (TPSA) is 33.1 Å². The molecule has 0 aromatic carbocycles. The molecule has 2 aromatic heterocycles. The van der Waals surface area contributed by atoms with Crippen LogP contribution in [0.15, 0.2) is 12.3 Å². The van der Waals surface area contributed by atoms with Crippen molar-refractivity contribution in [2.45, 2.75) is 6.92 Å². The number of hydrogen-bond donors (Lipinski definition) is 1. The van der Waals surface area contributed by atoms with E-state index in [1.165, 1.54) is 11.3 Å². The van der Waals surface area contributed by atoms with Crippen LogP contribution >= 0.6 is 22.9 Å². The molecule has 0 amide bonds. The number of thiophene rings is 1. The maximum absolute atomic E-state index is 9.45. The van der Waals surface area contributed by atoms with E-state index in [9.17, 15) is 5.11 Å². The second-order valence-corrected chi connectivity index (χ2v) is 4.06. The van der Waals surface area contributed by atoms with Gasteiger partial charge in [0.2, 0.25) is 0 Å². The highest BCUT2D eigenvalue weighted by Crippen LogP contribution is 2.38. The number of halogens is 1. The molecule has 0 aliphatic carbocycles. The summed E-state index contributed by atoms with van der Waals surface area (Å²) in [4.78, 5) is 5.87. The minimum atomic E-state index is 0.203. The Bertz CT molecular complexity index is 438. The fraction of sp³-hybridized carbons (Fsp3) is 0.125. The summed E-state index contributed by atoms with van der Waals surface area (Å²) in [5, 5.41) is 10.7. The van der Waals surface area contributed by atoms with Crippen LogP contribution < -0.4 is 0 Å². The van der Waals surface area contributed by atoms with Crippen molar-refractivity contribution >= 4 is 33.2 Å². The monoisotopic (exact) mass is 199 g/mol. The Hall–Kier alpha value is -0.800. The summed E-state index contributed by atoms with van der Waals surface area (Å²) in [7, 11) is 0. The van der Waals surface area contributed by atoms with Crippen LogP contribution in [0.25, 0.3) is 10.2 Å². The maximum atomic E-state index is 9.45. The van der Waals surface area contributed by atoms with Gasteiger partial charge in [-0.2, -0.15) is 0 Å². The third kappa shape index (κ3) is 0.974. The van der Waals surface area contributed by atoms with Crippen LogP contribution in [0.4, 0.5) is 0 Å². The zero-order valence-electron chi connectivity index (χ0n) is 6.34. The third-order valence-electron chi connectivity index (χ3n) is 1.67. The predicted octanol–water partition coefficient (Wildman–Crippen LogP) is 2.96. The van der Waals surface area contributed by atoms with Crippen molar-refractivity contribution in [1.29, 1.82) is 0 Å². The van der Waals surface area contributed by atoms with E-state index in [-0.39, 0.29) is 5.75 Å².